The Morgan fingerprint density at radius 2 is 1.78 bits per heavy atom. The van der Waals surface area contributed by atoms with Gasteiger partial charge in [0.2, 0.25) is 0 Å². The molecule has 0 aliphatic heterocycles. The molecule has 1 aromatic rings. The van der Waals surface area contributed by atoms with Crippen LogP contribution in [0.3, 0.4) is 0 Å². The second-order valence-corrected chi connectivity index (χ2v) is 3.17. The van der Waals surface area contributed by atoms with Gasteiger partial charge < -0.3 is 0 Å². The summed E-state index contributed by atoms with van der Waals surface area (Å²) in [7, 11) is 1.68. The zero-order valence-electron chi connectivity index (χ0n) is 5.16. The van der Waals surface area contributed by atoms with Gasteiger partial charge in [0, 0.05) is 0 Å². The van der Waals surface area contributed by atoms with E-state index in [-0.39, 0.29) is 0 Å². The van der Waals surface area contributed by atoms with E-state index < -0.39 is 0 Å². The summed E-state index contributed by atoms with van der Waals surface area (Å²) in [4.78, 5) is 0. The Hall–Kier alpha value is -0.162. The Bertz CT molecular complexity index is 181. The van der Waals surface area contributed by atoms with Crippen molar-refractivity contribution in [3.63, 3.8) is 0 Å². The van der Waals surface area contributed by atoms with E-state index in [1.165, 1.54) is 3.51 Å². The number of benzene rings is 1. The van der Waals surface area contributed by atoms with Crippen molar-refractivity contribution in [1.82, 2.24) is 0 Å². The van der Waals surface area contributed by atoms with Gasteiger partial charge in [-0.3, -0.25) is 0 Å². The van der Waals surface area contributed by atoms with E-state index in [9.17, 15) is 0 Å². The minimum absolute atomic E-state index is 0.925. The second kappa shape index (κ2) is 3.12. The summed E-state index contributed by atoms with van der Waals surface area (Å²) in [5.74, 6) is 0.925. The van der Waals surface area contributed by atoms with E-state index >= 15 is 0 Å². The van der Waals surface area contributed by atoms with Crippen molar-refractivity contribution in [3.8, 4) is 5.75 Å². The Labute approximate surface area is 68.5 Å². The molecular formula is C7H7OSb. The van der Waals surface area contributed by atoms with Crippen LogP contribution in [0, 0.1) is 0 Å². The van der Waals surface area contributed by atoms with Crippen molar-refractivity contribution in [2.24, 2.45) is 0 Å². The van der Waals surface area contributed by atoms with Crippen LogP contribution >= 0.6 is 0 Å². The van der Waals surface area contributed by atoms with Gasteiger partial charge in [-0.2, -0.15) is 0 Å². The van der Waals surface area contributed by atoms with Gasteiger partial charge in [0.25, 0.3) is 0 Å². The summed E-state index contributed by atoms with van der Waals surface area (Å²) < 4.78 is 6.28. The predicted octanol–water partition coefficient (Wildman–Crippen LogP) is 0.489. The Kier molecular flexibility index (Phi) is 2.41. The van der Waals surface area contributed by atoms with Crippen molar-refractivity contribution in [2.45, 2.75) is 0 Å². The van der Waals surface area contributed by atoms with E-state index in [0.717, 1.165) is 5.75 Å². The van der Waals surface area contributed by atoms with Gasteiger partial charge in [-0.1, -0.05) is 0 Å². The first-order chi connectivity index (χ1) is 4.33. The van der Waals surface area contributed by atoms with Crippen LogP contribution in [0.1, 0.15) is 0 Å². The number of hydrogen-bond donors (Lipinski definition) is 0. The normalized spacial score (nSPS) is 9.11. The molecule has 0 unspecified atom stereocenters. The van der Waals surface area contributed by atoms with Crippen LogP contribution in [0.4, 0.5) is 0 Å². The molecule has 1 rings (SSSR count). The summed E-state index contributed by atoms with van der Waals surface area (Å²) in [6, 6.07) is 8.03. The predicted molar refractivity (Wildman–Crippen MR) is 38.4 cm³/mol. The molecule has 0 aliphatic rings. The van der Waals surface area contributed by atoms with E-state index in [1.807, 2.05) is 24.3 Å². The Balaban J connectivity index is 2.88. The first kappa shape index (κ1) is 6.95. The molecule has 0 aromatic heterocycles. The van der Waals surface area contributed by atoms with E-state index in [4.69, 9.17) is 4.74 Å². The Morgan fingerprint density at radius 1 is 1.22 bits per heavy atom. The molecule has 0 aliphatic carbocycles. The van der Waals surface area contributed by atoms with E-state index in [2.05, 4.69) is 0 Å². The average Bonchev–Trinajstić information content (AvgIpc) is 1.90. The van der Waals surface area contributed by atoms with Crippen LogP contribution in [0.5, 0.6) is 5.75 Å². The van der Waals surface area contributed by atoms with Crippen molar-refractivity contribution in [1.29, 1.82) is 0 Å². The molecule has 1 aromatic carbocycles. The average molecular weight is 229 g/mol. The second-order valence-electron chi connectivity index (χ2n) is 1.70. The summed E-state index contributed by atoms with van der Waals surface area (Å²) >= 11 is 1.72. The molecule has 0 amide bonds. The van der Waals surface area contributed by atoms with Crippen LogP contribution in [-0.2, 0) is 0 Å². The number of rotatable bonds is 1. The zero-order valence-corrected chi connectivity index (χ0v) is 7.72. The third kappa shape index (κ3) is 1.91. The molecule has 0 spiro atoms. The molecule has 0 bridgehead atoms. The van der Waals surface area contributed by atoms with Crippen LogP contribution < -0.4 is 8.25 Å². The van der Waals surface area contributed by atoms with Crippen molar-refractivity contribution in [2.75, 3.05) is 7.11 Å². The van der Waals surface area contributed by atoms with Gasteiger partial charge in [0.05, 0.1) is 0 Å². The fourth-order valence-corrected chi connectivity index (χ4v) is 1.01. The maximum absolute atomic E-state index is 4.97. The maximum atomic E-state index is 4.97. The molecule has 0 saturated carbocycles. The summed E-state index contributed by atoms with van der Waals surface area (Å²) in [6.07, 6.45) is 0. The van der Waals surface area contributed by atoms with Crippen molar-refractivity contribution >= 4 is 26.5 Å². The molecule has 0 saturated heterocycles. The third-order valence-electron chi connectivity index (χ3n) is 1.07. The number of ether oxygens (including phenoxy) is 1. The first-order valence-electron chi connectivity index (χ1n) is 2.66. The van der Waals surface area contributed by atoms with Gasteiger partial charge in [-0.25, -0.2) is 0 Å². The van der Waals surface area contributed by atoms with Gasteiger partial charge in [-0.15, -0.1) is 0 Å². The molecule has 1 nitrogen and oxygen atoms in total. The van der Waals surface area contributed by atoms with Crippen molar-refractivity contribution < 1.29 is 4.74 Å². The Morgan fingerprint density at radius 3 is 2.22 bits per heavy atom. The number of hydrogen-bond acceptors (Lipinski definition) is 1. The van der Waals surface area contributed by atoms with Crippen LogP contribution in [0.15, 0.2) is 24.3 Å². The molecule has 2 radical (unpaired) electrons. The monoisotopic (exact) mass is 228 g/mol. The molecule has 0 N–H and O–H groups in total. The van der Waals surface area contributed by atoms with Gasteiger partial charge in [0.1, 0.15) is 0 Å². The SMILES string of the molecule is COc1cc[c]([Sb])cc1. The number of methoxy groups -OCH3 is 1. The van der Waals surface area contributed by atoms with Gasteiger partial charge in [-0.05, 0) is 0 Å². The molecule has 0 atom stereocenters. The zero-order chi connectivity index (χ0) is 6.69. The van der Waals surface area contributed by atoms with Crippen molar-refractivity contribution in [3.05, 3.63) is 24.3 Å². The van der Waals surface area contributed by atoms with Gasteiger partial charge >= 0.3 is 68.4 Å². The molecule has 46 valence electrons. The molecule has 9 heavy (non-hydrogen) atoms. The fraction of sp³-hybridized carbons (Fsp3) is 0.143. The van der Waals surface area contributed by atoms with E-state index in [0.29, 0.717) is 0 Å². The molecular weight excluding hydrogens is 222 g/mol. The summed E-state index contributed by atoms with van der Waals surface area (Å²) in [5, 5.41) is 0. The quantitative estimate of drug-likeness (QED) is 0.636. The van der Waals surface area contributed by atoms with Crippen LogP contribution in [0.2, 0.25) is 0 Å². The molecule has 2 heteroatoms. The third-order valence-corrected chi connectivity index (χ3v) is 1.92. The molecule has 0 heterocycles. The minimum atomic E-state index is 0.925. The standard InChI is InChI=1S/C7H7O.Sb/c1-8-7-5-3-2-4-6-7;/h3-6H,1H3;. The van der Waals surface area contributed by atoms with Gasteiger partial charge in [0.15, 0.2) is 0 Å². The van der Waals surface area contributed by atoms with Crippen LogP contribution in [-0.4, -0.2) is 30.1 Å². The fourth-order valence-electron chi connectivity index (χ4n) is 0.582. The first-order valence-corrected chi connectivity index (χ1v) is 3.93. The summed E-state index contributed by atoms with van der Waals surface area (Å²) in [6.45, 7) is 0. The molecule has 0 fully saturated rings. The topological polar surface area (TPSA) is 9.23 Å². The van der Waals surface area contributed by atoms with Crippen LogP contribution in [0.25, 0.3) is 0 Å². The summed E-state index contributed by atoms with van der Waals surface area (Å²) in [5.41, 5.74) is 0. The van der Waals surface area contributed by atoms with E-state index in [1.54, 1.807) is 30.1 Å².